The highest BCUT2D eigenvalue weighted by molar-refractivity contribution is 7.99. The third-order valence-electron chi connectivity index (χ3n) is 4.33. The summed E-state index contributed by atoms with van der Waals surface area (Å²) in [5, 5.41) is 6.77. The van der Waals surface area contributed by atoms with Crippen LogP contribution in [0, 0.1) is 6.92 Å². The molecule has 3 rings (SSSR count). The summed E-state index contributed by atoms with van der Waals surface area (Å²) in [6.45, 7) is 1.90. The quantitative estimate of drug-likeness (QED) is 0.269. The lowest BCUT2D eigenvalue weighted by molar-refractivity contribution is -0.120. The van der Waals surface area contributed by atoms with Gasteiger partial charge in [0, 0.05) is 22.8 Å². The number of anilines is 1. The normalized spacial score (nSPS) is 10.7. The van der Waals surface area contributed by atoms with Gasteiger partial charge in [0.15, 0.2) is 6.61 Å². The van der Waals surface area contributed by atoms with Crippen LogP contribution in [0.4, 0.5) is 5.69 Å². The number of rotatable bonds is 10. The summed E-state index contributed by atoms with van der Waals surface area (Å²) in [4.78, 5) is 25.0. The Balaban J connectivity index is 1.35. The summed E-state index contributed by atoms with van der Waals surface area (Å²) >= 11 is 1.63. The molecule has 0 aliphatic carbocycles. The largest absolute Gasteiger partial charge is 0.484 e. The highest BCUT2D eigenvalue weighted by Crippen LogP contribution is 2.17. The molecule has 7 heteroatoms. The van der Waals surface area contributed by atoms with Crippen molar-refractivity contribution < 1.29 is 14.3 Å². The van der Waals surface area contributed by atoms with Gasteiger partial charge >= 0.3 is 0 Å². The van der Waals surface area contributed by atoms with Crippen molar-refractivity contribution in [1.29, 1.82) is 0 Å². The molecule has 32 heavy (non-hydrogen) atoms. The lowest BCUT2D eigenvalue weighted by Crippen LogP contribution is -2.20. The monoisotopic (exact) mass is 447 g/mol. The molecule has 6 nitrogen and oxygen atoms in total. The molecule has 0 saturated carbocycles. The maximum Gasteiger partial charge on any atom is 0.262 e. The Hall–Kier alpha value is -3.58. The molecule has 3 aromatic carbocycles. The lowest BCUT2D eigenvalue weighted by atomic mass is 10.2. The predicted molar refractivity (Wildman–Crippen MR) is 129 cm³/mol. The van der Waals surface area contributed by atoms with E-state index >= 15 is 0 Å². The van der Waals surface area contributed by atoms with Gasteiger partial charge < -0.3 is 10.1 Å². The van der Waals surface area contributed by atoms with Gasteiger partial charge in [0.1, 0.15) is 5.75 Å². The molecule has 0 radical (unpaired) electrons. The van der Waals surface area contributed by atoms with Crippen LogP contribution in [-0.4, -0.2) is 30.4 Å². The number of carbonyl (C=O) groups excluding carboxylic acids is 2. The summed E-state index contributed by atoms with van der Waals surface area (Å²) in [6.07, 6.45) is 1.95. The Bertz CT molecular complexity index is 1040. The number of aryl methyl sites for hydroxylation is 1. The molecule has 164 valence electrons. The Kier molecular flexibility index (Phi) is 8.89. The van der Waals surface area contributed by atoms with Gasteiger partial charge in [0.2, 0.25) is 5.91 Å². The molecule has 0 heterocycles. The van der Waals surface area contributed by atoms with E-state index in [1.807, 2.05) is 61.5 Å². The average molecular weight is 448 g/mol. The Morgan fingerprint density at radius 1 is 0.938 bits per heavy atom. The third-order valence-corrected chi connectivity index (χ3v) is 5.34. The highest BCUT2D eigenvalue weighted by atomic mass is 32.2. The molecule has 0 aliphatic heterocycles. The minimum atomic E-state index is -0.229. The fourth-order valence-electron chi connectivity index (χ4n) is 2.65. The topological polar surface area (TPSA) is 79.8 Å². The molecule has 0 fully saturated rings. The second-order valence-electron chi connectivity index (χ2n) is 6.98. The van der Waals surface area contributed by atoms with E-state index in [2.05, 4.69) is 15.8 Å². The molecule has 0 aliphatic rings. The molecule has 3 aromatic rings. The van der Waals surface area contributed by atoms with Crippen LogP contribution < -0.4 is 15.5 Å². The van der Waals surface area contributed by atoms with Crippen molar-refractivity contribution in [3.63, 3.8) is 0 Å². The van der Waals surface area contributed by atoms with Crippen molar-refractivity contribution in [3.8, 4) is 5.75 Å². The molecule has 0 aromatic heterocycles. The average Bonchev–Trinajstić information content (AvgIpc) is 2.81. The first kappa shape index (κ1) is 23.1. The van der Waals surface area contributed by atoms with E-state index in [-0.39, 0.29) is 18.4 Å². The van der Waals surface area contributed by atoms with Crippen molar-refractivity contribution in [3.05, 3.63) is 90.0 Å². The van der Waals surface area contributed by atoms with E-state index in [4.69, 9.17) is 4.74 Å². The van der Waals surface area contributed by atoms with E-state index in [1.165, 1.54) is 0 Å². The number of benzene rings is 3. The van der Waals surface area contributed by atoms with Gasteiger partial charge in [0.25, 0.3) is 5.91 Å². The van der Waals surface area contributed by atoms with Gasteiger partial charge in [-0.1, -0.05) is 35.9 Å². The van der Waals surface area contributed by atoms with Crippen LogP contribution >= 0.6 is 11.8 Å². The summed E-state index contributed by atoms with van der Waals surface area (Å²) in [7, 11) is 0. The number of hydrazone groups is 1. The fourth-order valence-corrected chi connectivity index (χ4v) is 3.52. The number of nitrogens with zero attached hydrogens (tertiary/aromatic N) is 1. The maximum atomic E-state index is 12.0. The zero-order valence-electron chi connectivity index (χ0n) is 17.8. The van der Waals surface area contributed by atoms with Crippen molar-refractivity contribution in [2.75, 3.05) is 17.7 Å². The van der Waals surface area contributed by atoms with Crippen LogP contribution in [0.2, 0.25) is 0 Å². The third kappa shape index (κ3) is 8.28. The number of hydrogen-bond acceptors (Lipinski definition) is 5. The van der Waals surface area contributed by atoms with Crippen LogP contribution in [0.15, 0.2) is 88.9 Å². The van der Waals surface area contributed by atoms with Gasteiger partial charge in [-0.3, -0.25) is 9.59 Å². The van der Waals surface area contributed by atoms with Gasteiger partial charge in [-0.05, 0) is 61.0 Å². The van der Waals surface area contributed by atoms with Gasteiger partial charge in [-0.25, -0.2) is 5.43 Å². The summed E-state index contributed by atoms with van der Waals surface area (Å²) < 4.78 is 5.51. The maximum absolute atomic E-state index is 12.0. The predicted octanol–water partition coefficient (Wildman–Crippen LogP) is 4.65. The zero-order chi connectivity index (χ0) is 22.6. The smallest absolute Gasteiger partial charge is 0.262 e. The van der Waals surface area contributed by atoms with Gasteiger partial charge in [-0.2, -0.15) is 5.10 Å². The van der Waals surface area contributed by atoms with Crippen molar-refractivity contribution in [1.82, 2.24) is 5.43 Å². The molecule has 2 amide bonds. The fraction of sp³-hybridized carbons (Fsp3) is 0.160. The van der Waals surface area contributed by atoms with E-state index in [0.29, 0.717) is 17.9 Å². The number of carbonyl (C=O) groups is 2. The second-order valence-corrected chi connectivity index (χ2v) is 8.14. The number of nitrogens with one attached hydrogen (secondary N) is 2. The standard InChI is InChI=1S/C25H25N3O3S/c1-19-7-11-21(12-8-19)27-25(30)18-31-22-13-9-20(10-14-22)17-26-28-24(29)15-16-32-23-5-3-2-4-6-23/h2-14,17H,15-16,18H2,1H3,(H,27,30)(H,28,29)/b26-17-. The lowest BCUT2D eigenvalue weighted by Gasteiger charge is -2.08. The van der Waals surface area contributed by atoms with Crippen LogP contribution in [0.25, 0.3) is 0 Å². The first-order valence-corrected chi connectivity index (χ1v) is 11.2. The summed E-state index contributed by atoms with van der Waals surface area (Å²) in [5.74, 6) is 0.898. The number of hydrogen-bond donors (Lipinski definition) is 2. The molecule has 0 bridgehead atoms. The minimum absolute atomic E-state index is 0.0850. The van der Waals surface area contributed by atoms with Crippen molar-refractivity contribution in [2.45, 2.75) is 18.2 Å². The van der Waals surface area contributed by atoms with Crippen LogP contribution in [0.3, 0.4) is 0 Å². The number of amides is 2. The van der Waals surface area contributed by atoms with E-state index in [9.17, 15) is 9.59 Å². The Labute approximate surface area is 192 Å². The first-order chi connectivity index (χ1) is 15.6. The zero-order valence-corrected chi connectivity index (χ0v) is 18.6. The molecule has 0 atom stereocenters. The molecule has 0 spiro atoms. The van der Waals surface area contributed by atoms with Gasteiger partial charge in [-0.15, -0.1) is 11.8 Å². The molecule has 0 saturated heterocycles. The number of thioether (sulfide) groups is 1. The summed E-state index contributed by atoms with van der Waals surface area (Å²) in [5.41, 5.74) is 5.20. The number of ether oxygens (including phenoxy) is 1. The van der Waals surface area contributed by atoms with E-state index in [0.717, 1.165) is 21.7 Å². The minimum Gasteiger partial charge on any atom is -0.484 e. The van der Waals surface area contributed by atoms with Gasteiger partial charge in [0.05, 0.1) is 6.21 Å². The first-order valence-electron chi connectivity index (χ1n) is 10.2. The van der Waals surface area contributed by atoms with E-state index in [1.54, 1.807) is 42.2 Å². The highest BCUT2D eigenvalue weighted by Gasteiger charge is 2.04. The van der Waals surface area contributed by atoms with Crippen LogP contribution in [0.5, 0.6) is 5.75 Å². The SMILES string of the molecule is Cc1ccc(NC(=O)COc2ccc(/C=N\NC(=O)CCSc3ccccc3)cc2)cc1. The Morgan fingerprint density at radius 2 is 1.66 bits per heavy atom. The molecule has 2 N–H and O–H groups in total. The molecule has 0 unspecified atom stereocenters. The molecular weight excluding hydrogens is 422 g/mol. The van der Waals surface area contributed by atoms with E-state index < -0.39 is 0 Å². The van der Waals surface area contributed by atoms with Crippen molar-refractivity contribution >= 4 is 35.5 Å². The Morgan fingerprint density at radius 3 is 2.38 bits per heavy atom. The molecular formula is C25H25N3O3S. The van der Waals surface area contributed by atoms with Crippen LogP contribution in [0.1, 0.15) is 17.5 Å². The second kappa shape index (κ2) is 12.3. The summed E-state index contributed by atoms with van der Waals surface area (Å²) in [6, 6.07) is 24.6. The van der Waals surface area contributed by atoms with Crippen LogP contribution in [-0.2, 0) is 9.59 Å². The van der Waals surface area contributed by atoms with Crippen molar-refractivity contribution in [2.24, 2.45) is 5.10 Å².